The van der Waals surface area contributed by atoms with Crippen molar-refractivity contribution in [1.29, 1.82) is 0 Å². The van der Waals surface area contributed by atoms with Gasteiger partial charge >= 0.3 is 6.03 Å². The molecule has 5 N–H and O–H groups in total. The highest BCUT2D eigenvalue weighted by Crippen LogP contribution is 2.50. The number of aromatic amines is 2. The molecule has 1 saturated heterocycles. The number of methoxy groups -OCH3 is 2. The number of carbonyl (C=O) groups excluding carboxylic acids is 2. The molecule has 1 fully saturated rings. The number of rotatable bonds is 6. The van der Waals surface area contributed by atoms with Crippen molar-refractivity contribution in [2.75, 3.05) is 50.6 Å². The molecule has 0 unspecified atom stereocenters. The molecule has 2 heterocycles. The number of hydrogen-bond donors (Lipinski definition) is 5. The first kappa shape index (κ1) is 26.8. The summed E-state index contributed by atoms with van der Waals surface area (Å²) in [6, 6.07) is 17.1. The van der Waals surface area contributed by atoms with Crippen LogP contribution in [0.5, 0.6) is 17.2 Å². The molecule has 0 radical (unpaired) electrons. The summed E-state index contributed by atoms with van der Waals surface area (Å²) in [5, 5.41) is 31.9. The van der Waals surface area contributed by atoms with Crippen LogP contribution in [0.4, 0.5) is 16.2 Å². The Morgan fingerprint density at radius 3 is 2.29 bits per heavy atom. The van der Waals surface area contributed by atoms with Crippen molar-refractivity contribution in [3.05, 3.63) is 66.2 Å². The number of benzene rings is 3. The number of nitrogens with zero attached hydrogens (tertiary/aromatic N) is 3. The van der Waals surface area contributed by atoms with Crippen LogP contribution in [-0.2, 0) is 0 Å². The summed E-state index contributed by atoms with van der Waals surface area (Å²) in [5.74, 6) is 0.0660. The quantitative estimate of drug-likeness (QED) is 0.176. The van der Waals surface area contributed by atoms with Crippen LogP contribution in [0.2, 0.25) is 0 Å². The van der Waals surface area contributed by atoms with Gasteiger partial charge in [0.15, 0.2) is 0 Å². The Balaban J connectivity index is 1.25. The van der Waals surface area contributed by atoms with Crippen molar-refractivity contribution in [2.45, 2.75) is 0 Å². The number of anilines is 2. The normalized spacial score (nSPS) is 13.6. The molecule has 42 heavy (non-hydrogen) atoms. The summed E-state index contributed by atoms with van der Waals surface area (Å²) in [7, 11) is 2.92. The number of fused-ring (bicyclic) bond motifs is 3. The van der Waals surface area contributed by atoms with Gasteiger partial charge in [0.05, 0.1) is 47.8 Å². The van der Waals surface area contributed by atoms with Crippen molar-refractivity contribution < 1.29 is 24.2 Å². The van der Waals surface area contributed by atoms with Gasteiger partial charge < -0.3 is 30.1 Å². The molecule has 12 heteroatoms. The third-order valence-corrected chi connectivity index (χ3v) is 7.33. The van der Waals surface area contributed by atoms with E-state index < -0.39 is 11.9 Å². The van der Waals surface area contributed by atoms with Crippen LogP contribution in [0.25, 0.3) is 33.3 Å². The zero-order chi connectivity index (χ0) is 29.2. The smallest absolute Gasteiger partial charge is 0.364 e. The second-order valence-electron chi connectivity index (χ2n) is 9.77. The van der Waals surface area contributed by atoms with E-state index in [1.807, 2.05) is 18.2 Å². The van der Waals surface area contributed by atoms with Crippen LogP contribution in [-0.4, -0.2) is 67.6 Å². The van der Waals surface area contributed by atoms with Gasteiger partial charge in [-0.3, -0.25) is 15.0 Å². The van der Waals surface area contributed by atoms with Crippen molar-refractivity contribution in [3.8, 4) is 39.8 Å². The van der Waals surface area contributed by atoms with Gasteiger partial charge in [-0.05, 0) is 30.3 Å². The van der Waals surface area contributed by atoms with Crippen LogP contribution >= 0.6 is 0 Å². The Morgan fingerprint density at radius 2 is 1.60 bits per heavy atom. The fourth-order valence-electron chi connectivity index (χ4n) is 5.26. The van der Waals surface area contributed by atoms with E-state index >= 15 is 0 Å². The van der Waals surface area contributed by atoms with Gasteiger partial charge in [-0.25, -0.2) is 4.79 Å². The van der Waals surface area contributed by atoms with Crippen molar-refractivity contribution >= 4 is 34.1 Å². The number of aromatic hydroxyl groups is 1. The molecule has 0 spiro atoms. The van der Waals surface area contributed by atoms with E-state index in [1.165, 1.54) is 26.4 Å². The summed E-state index contributed by atoms with van der Waals surface area (Å²) in [4.78, 5) is 27.6. The van der Waals surface area contributed by atoms with Crippen LogP contribution in [0.15, 0.2) is 70.9 Å². The van der Waals surface area contributed by atoms with Crippen LogP contribution in [0.3, 0.4) is 0 Å². The van der Waals surface area contributed by atoms with Crippen LogP contribution in [0, 0.1) is 0 Å². The zero-order valence-corrected chi connectivity index (χ0v) is 23.0. The lowest BCUT2D eigenvalue weighted by Gasteiger charge is -2.29. The molecule has 214 valence electrons. The lowest BCUT2D eigenvalue weighted by Crippen LogP contribution is -2.43. The molecule has 3 amide bonds. The van der Waals surface area contributed by atoms with E-state index in [2.05, 4.69) is 48.1 Å². The average molecular weight is 568 g/mol. The summed E-state index contributed by atoms with van der Waals surface area (Å²) in [5.41, 5.74) is 4.55. The van der Waals surface area contributed by atoms with Gasteiger partial charge in [0, 0.05) is 48.9 Å². The SMILES string of the molecule is COc1cc(OC)cc(C(=O)N=NC(=O)Nc2cccc3c4[nH][nH]c(-c5ccc(N6CCNCC6)cc5)c-4c(O)c23)c1. The second kappa shape index (κ2) is 11.3. The first-order valence-electron chi connectivity index (χ1n) is 13.4. The Morgan fingerprint density at radius 1 is 0.905 bits per heavy atom. The van der Waals surface area contributed by atoms with Gasteiger partial charge in [0.25, 0.3) is 5.91 Å². The topological polar surface area (TPSA) is 156 Å². The van der Waals surface area contributed by atoms with Crippen molar-refractivity contribution in [2.24, 2.45) is 10.2 Å². The maximum Gasteiger partial charge on any atom is 0.364 e. The minimum atomic E-state index is -0.870. The van der Waals surface area contributed by atoms with Crippen LogP contribution < -0.4 is 25.0 Å². The predicted octanol–water partition coefficient (Wildman–Crippen LogP) is 5.22. The van der Waals surface area contributed by atoms with Gasteiger partial charge in [-0.1, -0.05) is 29.4 Å². The largest absolute Gasteiger partial charge is 0.506 e. The highest BCUT2D eigenvalue weighted by atomic mass is 16.5. The lowest BCUT2D eigenvalue weighted by molar-refractivity contribution is 0.0993. The maximum absolute atomic E-state index is 12.7. The molecular formula is C30H29N7O5. The minimum absolute atomic E-state index is 0.00562. The lowest BCUT2D eigenvalue weighted by atomic mass is 10.1. The number of piperazine rings is 1. The molecule has 12 nitrogen and oxygen atoms in total. The molecule has 3 aliphatic rings. The number of ether oxygens (including phenoxy) is 2. The van der Waals surface area contributed by atoms with Crippen LogP contribution in [0.1, 0.15) is 10.4 Å². The monoisotopic (exact) mass is 567 g/mol. The Hall–Kier alpha value is -5.36. The maximum atomic E-state index is 12.7. The fraction of sp³-hybridized carbons (Fsp3) is 0.200. The number of urea groups is 1. The number of azo groups is 1. The van der Waals surface area contributed by atoms with Gasteiger partial charge in [0.2, 0.25) is 0 Å². The summed E-state index contributed by atoms with van der Waals surface area (Å²) >= 11 is 0. The van der Waals surface area contributed by atoms with Crippen molar-refractivity contribution in [3.63, 3.8) is 0 Å². The predicted molar refractivity (Wildman–Crippen MR) is 159 cm³/mol. The van der Waals surface area contributed by atoms with E-state index in [1.54, 1.807) is 18.2 Å². The van der Waals surface area contributed by atoms with Gasteiger partial charge in [-0.15, -0.1) is 5.11 Å². The molecule has 6 rings (SSSR count). The fourth-order valence-corrected chi connectivity index (χ4v) is 5.26. The second-order valence-corrected chi connectivity index (χ2v) is 9.77. The molecule has 1 aliphatic carbocycles. The summed E-state index contributed by atoms with van der Waals surface area (Å²) in [6.07, 6.45) is 0. The first-order valence-corrected chi connectivity index (χ1v) is 13.4. The van der Waals surface area contributed by atoms with Gasteiger partial charge in [-0.2, -0.15) is 0 Å². The van der Waals surface area contributed by atoms with E-state index in [4.69, 9.17) is 9.47 Å². The molecule has 2 aliphatic heterocycles. The zero-order valence-electron chi connectivity index (χ0n) is 23.0. The van der Waals surface area contributed by atoms with E-state index in [0.29, 0.717) is 39.2 Å². The highest BCUT2D eigenvalue weighted by Gasteiger charge is 2.26. The average Bonchev–Trinajstić information content (AvgIpc) is 3.60. The Bertz CT molecular complexity index is 1740. The number of H-pyrrole nitrogens is 2. The van der Waals surface area contributed by atoms with E-state index in [-0.39, 0.29) is 11.3 Å². The van der Waals surface area contributed by atoms with E-state index in [9.17, 15) is 14.7 Å². The third-order valence-electron chi connectivity index (χ3n) is 7.33. The Kier molecular flexibility index (Phi) is 7.19. The molecule has 0 aromatic heterocycles. The Labute approximate surface area is 240 Å². The number of nitrogens with one attached hydrogen (secondary N) is 4. The number of hydrogen-bond acceptors (Lipinski definition) is 7. The number of aromatic nitrogens is 2. The molecule has 3 aromatic carbocycles. The molecule has 3 aromatic rings. The minimum Gasteiger partial charge on any atom is -0.506 e. The molecular weight excluding hydrogens is 538 g/mol. The number of carbonyl (C=O) groups is 2. The third kappa shape index (κ3) is 4.99. The van der Waals surface area contributed by atoms with Crippen molar-refractivity contribution in [1.82, 2.24) is 15.5 Å². The molecule has 0 saturated carbocycles. The summed E-state index contributed by atoms with van der Waals surface area (Å²) in [6.45, 7) is 3.81. The van der Waals surface area contributed by atoms with E-state index in [0.717, 1.165) is 43.1 Å². The molecule has 0 atom stereocenters. The molecule has 0 bridgehead atoms. The summed E-state index contributed by atoms with van der Waals surface area (Å²) < 4.78 is 10.3. The number of amides is 3. The highest BCUT2D eigenvalue weighted by molar-refractivity contribution is 6.16. The standard InChI is InChI=1S/C30H29N7O5/c1-41-20-14-18(15-21(16-20)42-2)29(39)35-36-30(40)32-23-5-3-4-22-24(23)28(38)25-26(33-34-27(22)25)17-6-8-19(9-7-17)37-12-10-31-11-13-37/h3-9,14-16,31,33-34,38H,10-13H2,1-2H3,(H,32,40). The van der Waals surface area contributed by atoms with Gasteiger partial charge in [0.1, 0.15) is 17.2 Å². The first-order chi connectivity index (χ1) is 20.5.